The summed E-state index contributed by atoms with van der Waals surface area (Å²) in [5.74, 6) is 1.34. The molecule has 1 N–H and O–H groups in total. The van der Waals surface area contributed by atoms with Crippen LogP contribution in [0.1, 0.15) is 28.3 Å². The first-order valence-electron chi connectivity index (χ1n) is 12.6. The number of ether oxygens (including phenoxy) is 2. The van der Waals surface area contributed by atoms with E-state index in [1.807, 2.05) is 30.3 Å². The number of thiocarbonyl (C=S) groups is 1. The number of anilines is 1. The highest BCUT2D eigenvalue weighted by molar-refractivity contribution is 7.80. The third-order valence-corrected chi connectivity index (χ3v) is 8.46. The second kappa shape index (κ2) is 12.9. The summed E-state index contributed by atoms with van der Waals surface area (Å²) in [6.45, 7) is 0.675. The van der Waals surface area contributed by atoms with Crippen molar-refractivity contribution < 1.29 is 9.47 Å². The van der Waals surface area contributed by atoms with Gasteiger partial charge in [-0.15, -0.1) is 0 Å². The molecule has 4 aromatic rings. The quantitative estimate of drug-likeness (QED) is 0.167. The fraction of sp³-hybridized carbons (Fsp3) is 0.161. The predicted octanol–water partition coefficient (Wildman–Crippen LogP) is 9.41. The molecule has 10 heteroatoms. The van der Waals surface area contributed by atoms with Crippen LogP contribution in [0.5, 0.6) is 11.5 Å². The number of benzene rings is 4. The molecule has 0 amide bonds. The summed E-state index contributed by atoms with van der Waals surface area (Å²) in [5, 5.41) is 5.91. The van der Waals surface area contributed by atoms with Crippen molar-refractivity contribution in [3.8, 4) is 11.5 Å². The van der Waals surface area contributed by atoms with Crippen molar-refractivity contribution >= 4 is 81.3 Å². The Kier molecular flexibility index (Phi) is 9.27. The Labute approximate surface area is 264 Å². The molecule has 0 saturated carbocycles. The first-order valence-corrected chi connectivity index (χ1v) is 14.6. The standard InChI is InChI=1S/C31H25Cl4N3O2S/c1-39-28-14-20-11-12-38(31(41)37-27-15-21(32)6-10-25(27)34)30(23(20)16-29(28)40-2)19-4-7-22(8-5-19)36-17-18-3-9-24(33)26(35)13-18/h3-10,13-17,30H,11-12H2,1-2H3,(H,37,41)/t30-/m0/s1. The normalized spacial score (nSPS) is 14.6. The second-order valence-electron chi connectivity index (χ2n) is 9.33. The molecule has 0 aromatic heterocycles. The lowest BCUT2D eigenvalue weighted by atomic mass is 9.87. The first kappa shape index (κ1) is 29.5. The van der Waals surface area contributed by atoms with Gasteiger partial charge in [-0.1, -0.05) is 64.6 Å². The van der Waals surface area contributed by atoms with Crippen LogP contribution in [0.15, 0.2) is 77.8 Å². The Balaban J connectivity index is 1.50. The molecule has 0 bridgehead atoms. The minimum absolute atomic E-state index is 0.204. The van der Waals surface area contributed by atoms with Gasteiger partial charge in [0.25, 0.3) is 0 Å². The van der Waals surface area contributed by atoms with Crippen molar-refractivity contribution in [1.29, 1.82) is 0 Å². The van der Waals surface area contributed by atoms with Crippen LogP contribution in [0, 0.1) is 0 Å². The number of fused-ring (bicyclic) bond motifs is 1. The van der Waals surface area contributed by atoms with Gasteiger partial charge in [0.2, 0.25) is 0 Å². The maximum Gasteiger partial charge on any atom is 0.174 e. The molecule has 0 unspecified atom stereocenters. The van der Waals surface area contributed by atoms with E-state index < -0.39 is 0 Å². The van der Waals surface area contributed by atoms with Crippen molar-refractivity contribution in [3.05, 3.63) is 115 Å². The number of hydrogen-bond acceptors (Lipinski definition) is 4. The van der Waals surface area contributed by atoms with Gasteiger partial charge in [0, 0.05) is 17.8 Å². The van der Waals surface area contributed by atoms with Crippen LogP contribution in [0.3, 0.4) is 0 Å². The van der Waals surface area contributed by atoms with Gasteiger partial charge in [0.15, 0.2) is 16.6 Å². The van der Waals surface area contributed by atoms with Gasteiger partial charge in [-0.2, -0.15) is 0 Å². The predicted molar refractivity (Wildman–Crippen MR) is 175 cm³/mol. The lowest BCUT2D eigenvalue weighted by Crippen LogP contribution is -2.42. The van der Waals surface area contributed by atoms with Gasteiger partial charge in [0.05, 0.1) is 46.7 Å². The Morgan fingerprint density at radius 1 is 0.878 bits per heavy atom. The molecule has 210 valence electrons. The molecular weight excluding hydrogens is 620 g/mol. The van der Waals surface area contributed by atoms with Crippen LogP contribution in [0.4, 0.5) is 11.4 Å². The van der Waals surface area contributed by atoms with Gasteiger partial charge < -0.3 is 19.7 Å². The molecule has 1 atom stereocenters. The van der Waals surface area contributed by atoms with Gasteiger partial charge in [0.1, 0.15) is 0 Å². The minimum atomic E-state index is -0.204. The van der Waals surface area contributed by atoms with Gasteiger partial charge in [-0.3, -0.25) is 4.99 Å². The largest absolute Gasteiger partial charge is 0.493 e. The van der Waals surface area contributed by atoms with Crippen LogP contribution >= 0.6 is 58.6 Å². The van der Waals surface area contributed by atoms with E-state index in [9.17, 15) is 0 Å². The van der Waals surface area contributed by atoms with Crippen molar-refractivity contribution in [2.75, 3.05) is 26.1 Å². The molecule has 5 nitrogen and oxygen atoms in total. The molecule has 0 aliphatic carbocycles. The van der Waals surface area contributed by atoms with Crippen LogP contribution in [-0.4, -0.2) is 37.0 Å². The Morgan fingerprint density at radius 2 is 1.59 bits per heavy atom. The van der Waals surface area contributed by atoms with Crippen LogP contribution in [0.25, 0.3) is 0 Å². The zero-order valence-corrected chi connectivity index (χ0v) is 26.0. The number of aliphatic imine (C=N–C) groups is 1. The van der Waals surface area contributed by atoms with E-state index in [2.05, 4.69) is 27.3 Å². The monoisotopic (exact) mass is 643 g/mol. The van der Waals surface area contributed by atoms with E-state index in [4.69, 9.17) is 68.1 Å². The number of nitrogens with one attached hydrogen (secondary N) is 1. The third kappa shape index (κ3) is 6.58. The molecule has 4 aromatic carbocycles. The third-order valence-electron chi connectivity index (χ3n) is 6.82. The summed E-state index contributed by atoms with van der Waals surface area (Å²) in [5.41, 5.74) is 5.56. The van der Waals surface area contributed by atoms with E-state index >= 15 is 0 Å². The van der Waals surface area contributed by atoms with E-state index in [-0.39, 0.29) is 6.04 Å². The molecule has 0 fully saturated rings. The summed E-state index contributed by atoms with van der Waals surface area (Å²) >= 11 is 30.8. The summed E-state index contributed by atoms with van der Waals surface area (Å²) in [6.07, 6.45) is 2.52. The number of rotatable bonds is 6. The highest BCUT2D eigenvalue weighted by atomic mass is 35.5. The summed E-state index contributed by atoms with van der Waals surface area (Å²) in [7, 11) is 3.27. The molecule has 0 saturated heterocycles. The lowest BCUT2D eigenvalue weighted by molar-refractivity contribution is 0.330. The average molecular weight is 645 g/mol. The SMILES string of the molecule is COc1cc2c(cc1OC)[C@H](c1ccc(N=Cc3ccc(Cl)c(Cl)c3)cc1)N(C(=S)Nc1cc(Cl)ccc1Cl)CC2. The number of nitrogens with zero attached hydrogens (tertiary/aromatic N) is 2. The highest BCUT2D eigenvalue weighted by Gasteiger charge is 2.32. The molecule has 41 heavy (non-hydrogen) atoms. The topological polar surface area (TPSA) is 46.1 Å². The first-order chi connectivity index (χ1) is 19.8. The van der Waals surface area contributed by atoms with Gasteiger partial charge in [-0.05, 0) is 95.5 Å². The van der Waals surface area contributed by atoms with Crippen molar-refractivity contribution in [1.82, 2.24) is 4.90 Å². The Hall–Kier alpha value is -3.00. The highest BCUT2D eigenvalue weighted by Crippen LogP contribution is 2.42. The molecule has 5 rings (SSSR count). The van der Waals surface area contributed by atoms with Crippen LogP contribution < -0.4 is 14.8 Å². The molecule has 0 spiro atoms. The summed E-state index contributed by atoms with van der Waals surface area (Å²) < 4.78 is 11.2. The molecule has 0 radical (unpaired) electrons. The molecular formula is C31H25Cl4N3O2S. The van der Waals surface area contributed by atoms with E-state index in [0.29, 0.717) is 48.9 Å². The van der Waals surface area contributed by atoms with E-state index in [1.165, 1.54) is 0 Å². The van der Waals surface area contributed by atoms with Gasteiger partial charge >= 0.3 is 0 Å². The lowest BCUT2D eigenvalue weighted by Gasteiger charge is -2.40. The number of methoxy groups -OCH3 is 2. The molecule has 1 aliphatic rings. The zero-order chi connectivity index (χ0) is 29.1. The minimum Gasteiger partial charge on any atom is -0.493 e. The van der Waals surface area contributed by atoms with Crippen molar-refractivity contribution in [2.45, 2.75) is 12.5 Å². The Morgan fingerprint density at radius 3 is 2.29 bits per heavy atom. The smallest absolute Gasteiger partial charge is 0.174 e. The molecule has 1 heterocycles. The maximum absolute atomic E-state index is 6.44. The van der Waals surface area contributed by atoms with Crippen LogP contribution in [0.2, 0.25) is 20.1 Å². The zero-order valence-electron chi connectivity index (χ0n) is 22.1. The number of halogens is 4. The second-order valence-corrected chi connectivity index (χ2v) is 11.4. The maximum atomic E-state index is 6.44. The van der Waals surface area contributed by atoms with E-state index in [0.717, 1.165) is 34.4 Å². The average Bonchev–Trinajstić information content (AvgIpc) is 2.98. The summed E-state index contributed by atoms with van der Waals surface area (Å²) in [6, 6.07) is 22.6. The Bertz CT molecular complexity index is 1630. The van der Waals surface area contributed by atoms with Crippen molar-refractivity contribution in [2.24, 2.45) is 4.99 Å². The fourth-order valence-electron chi connectivity index (χ4n) is 4.79. The van der Waals surface area contributed by atoms with Crippen LogP contribution in [-0.2, 0) is 6.42 Å². The van der Waals surface area contributed by atoms with Gasteiger partial charge in [-0.25, -0.2) is 0 Å². The van der Waals surface area contributed by atoms with E-state index in [1.54, 1.807) is 50.8 Å². The number of hydrogen-bond donors (Lipinski definition) is 1. The fourth-order valence-corrected chi connectivity index (χ4v) is 5.74. The summed E-state index contributed by atoms with van der Waals surface area (Å²) in [4.78, 5) is 6.76. The van der Waals surface area contributed by atoms with Crippen molar-refractivity contribution in [3.63, 3.8) is 0 Å². The molecule has 1 aliphatic heterocycles.